The second kappa shape index (κ2) is 3.89. The molecular formula is C13H19FS. The van der Waals surface area contributed by atoms with Gasteiger partial charge in [0.25, 0.3) is 0 Å². The highest BCUT2D eigenvalue weighted by atomic mass is 32.1. The number of aryl methyl sites for hydroxylation is 1. The molecule has 2 heteroatoms. The lowest BCUT2D eigenvalue weighted by Crippen LogP contribution is -2.10. The standard InChI is InChI=1S/C13H19FS/c1-13(2,3)12-11(14)9-7-5-4-6-8-10(9)15-12/h4-8H2,1-3H3. The molecule has 84 valence electrons. The van der Waals surface area contributed by atoms with Crippen molar-refractivity contribution in [3.63, 3.8) is 0 Å². The molecule has 1 aliphatic rings. The van der Waals surface area contributed by atoms with Crippen LogP contribution in [0.5, 0.6) is 0 Å². The van der Waals surface area contributed by atoms with E-state index >= 15 is 0 Å². The summed E-state index contributed by atoms with van der Waals surface area (Å²) in [7, 11) is 0. The van der Waals surface area contributed by atoms with Crippen LogP contribution < -0.4 is 0 Å². The van der Waals surface area contributed by atoms with E-state index in [2.05, 4.69) is 20.8 Å². The Morgan fingerprint density at radius 3 is 2.40 bits per heavy atom. The lowest BCUT2D eigenvalue weighted by atomic mass is 9.93. The third-order valence-electron chi connectivity index (χ3n) is 3.04. The minimum Gasteiger partial charge on any atom is -0.205 e. The van der Waals surface area contributed by atoms with Gasteiger partial charge in [0.05, 0.1) is 0 Å². The van der Waals surface area contributed by atoms with Gasteiger partial charge in [-0.15, -0.1) is 11.3 Å². The molecule has 0 atom stereocenters. The first-order valence-electron chi connectivity index (χ1n) is 5.80. The van der Waals surface area contributed by atoms with Gasteiger partial charge < -0.3 is 0 Å². The fourth-order valence-electron chi connectivity index (χ4n) is 2.19. The molecule has 0 saturated carbocycles. The summed E-state index contributed by atoms with van der Waals surface area (Å²) in [4.78, 5) is 2.27. The predicted molar refractivity (Wildman–Crippen MR) is 64.2 cm³/mol. The maximum absolute atomic E-state index is 14.2. The van der Waals surface area contributed by atoms with Gasteiger partial charge in [0.1, 0.15) is 5.82 Å². The summed E-state index contributed by atoms with van der Waals surface area (Å²) in [6.07, 6.45) is 5.69. The highest BCUT2D eigenvalue weighted by Crippen LogP contribution is 2.38. The highest BCUT2D eigenvalue weighted by Gasteiger charge is 2.26. The molecule has 0 spiro atoms. The SMILES string of the molecule is CC(C)(C)c1sc2c(c1F)CCCCC2. The van der Waals surface area contributed by atoms with Crippen molar-refractivity contribution >= 4 is 11.3 Å². The molecule has 0 aromatic carbocycles. The zero-order valence-corrected chi connectivity index (χ0v) is 10.6. The van der Waals surface area contributed by atoms with Crippen LogP contribution in [0.4, 0.5) is 4.39 Å². The van der Waals surface area contributed by atoms with Crippen molar-refractivity contribution in [3.05, 3.63) is 21.1 Å². The van der Waals surface area contributed by atoms with Crippen LogP contribution in [0.15, 0.2) is 0 Å². The smallest absolute Gasteiger partial charge is 0.141 e. The van der Waals surface area contributed by atoms with Crippen LogP contribution in [-0.4, -0.2) is 0 Å². The van der Waals surface area contributed by atoms with E-state index in [0.29, 0.717) is 0 Å². The van der Waals surface area contributed by atoms with E-state index in [-0.39, 0.29) is 11.2 Å². The van der Waals surface area contributed by atoms with Crippen molar-refractivity contribution < 1.29 is 4.39 Å². The van der Waals surface area contributed by atoms with Crippen LogP contribution >= 0.6 is 11.3 Å². The van der Waals surface area contributed by atoms with Gasteiger partial charge in [-0.1, -0.05) is 27.2 Å². The molecule has 1 aliphatic carbocycles. The van der Waals surface area contributed by atoms with E-state index in [1.54, 1.807) is 11.3 Å². The van der Waals surface area contributed by atoms with E-state index in [1.807, 2.05) is 0 Å². The van der Waals surface area contributed by atoms with Crippen molar-refractivity contribution in [2.45, 2.75) is 58.3 Å². The van der Waals surface area contributed by atoms with Crippen LogP contribution in [0.25, 0.3) is 0 Å². The van der Waals surface area contributed by atoms with Gasteiger partial charge in [-0.05, 0) is 31.1 Å². The lowest BCUT2D eigenvalue weighted by Gasteiger charge is -2.16. The van der Waals surface area contributed by atoms with Crippen molar-refractivity contribution in [1.82, 2.24) is 0 Å². The second-order valence-electron chi connectivity index (χ2n) is 5.46. The largest absolute Gasteiger partial charge is 0.205 e. The Labute approximate surface area is 95.5 Å². The monoisotopic (exact) mass is 226 g/mol. The van der Waals surface area contributed by atoms with Gasteiger partial charge in [-0.25, -0.2) is 4.39 Å². The molecule has 0 amide bonds. The predicted octanol–water partition coefficient (Wildman–Crippen LogP) is 4.45. The molecule has 0 unspecified atom stereocenters. The quantitative estimate of drug-likeness (QED) is 0.573. The molecule has 0 N–H and O–H groups in total. The second-order valence-corrected chi connectivity index (χ2v) is 6.56. The Morgan fingerprint density at radius 1 is 1.07 bits per heavy atom. The molecule has 1 heterocycles. The van der Waals surface area contributed by atoms with E-state index in [0.717, 1.165) is 29.7 Å². The van der Waals surface area contributed by atoms with Crippen molar-refractivity contribution in [1.29, 1.82) is 0 Å². The molecule has 0 bridgehead atoms. The van der Waals surface area contributed by atoms with Crippen molar-refractivity contribution in [2.24, 2.45) is 0 Å². The van der Waals surface area contributed by atoms with Crippen LogP contribution in [0.3, 0.4) is 0 Å². The normalized spacial score (nSPS) is 17.3. The summed E-state index contributed by atoms with van der Waals surface area (Å²) < 4.78 is 14.2. The topological polar surface area (TPSA) is 0 Å². The number of thiophene rings is 1. The fraction of sp³-hybridized carbons (Fsp3) is 0.692. The average Bonchev–Trinajstić information content (AvgIpc) is 2.36. The molecule has 0 aliphatic heterocycles. The molecule has 0 nitrogen and oxygen atoms in total. The first-order valence-corrected chi connectivity index (χ1v) is 6.62. The summed E-state index contributed by atoms with van der Waals surface area (Å²) >= 11 is 1.71. The number of rotatable bonds is 0. The van der Waals surface area contributed by atoms with Crippen LogP contribution in [-0.2, 0) is 18.3 Å². The molecule has 0 radical (unpaired) electrons. The molecular weight excluding hydrogens is 207 g/mol. The zero-order valence-electron chi connectivity index (χ0n) is 9.82. The molecule has 2 rings (SSSR count). The Morgan fingerprint density at radius 2 is 1.73 bits per heavy atom. The summed E-state index contributed by atoms with van der Waals surface area (Å²) in [6, 6.07) is 0. The van der Waals surface area contributed by atoms with Crippen molar-refractivity contribution in [3.8, 4) is 0 Å². The number of fused-ring (bicyclic) bond motifs is 1. The van der Waals surface area contributed by atoms with E-state index < -0.39 is 0 Å². The number of hydrogen-bond donors (Lipinski definition) is 0. The summed E-state index contributed by atoms with van der Waals surface area (Å²) in [5, 5.41) is 0. The first kappa shape index (κ1) is 11.1. The van der Waals surface area contributed by atoms with Crippen LogP contribution in [0, 0.1) is 5.82 Å². The maximum Gasteiger partial charge on any atom is 0.141 e. The van der Waals surface area contributed by atoms with E-state index in [9.17, 15) is 4.39 Å². The minimum absolute atomic E-state index is 0.0407. The molecule has 0 fully saturated rings. The zero-order chi connectivity index (χ0) is 11.1. The molecule has 1 aromatic rings. The number of halogens is 1. The summed E-state index contributed by atoms with van der Waals surface area (Å²) in [5.41, 5.74) is 0.989. The Kier molecular flexibility index (Phi) is 2.89. The summed E-state index contributed by atoms with van der Waals surface area (Å²) in [6.45, 7) is 6.30. The molecule has 1 aromatic heterocycles. The first-order chi connectivity index (χ1) is 7.00. The molecule has 15 heavy (non-hydrogen) atoms. The summed E-state index contributed by atoms with van der Waals surface area (Å²) in [5.74, 6) is 0.101. The maximum atomic E-state index is 14.2. The Hall–Kier alpha value is -0.370. The van der Waals surface area contributed by atoms with Gasteiger partial charge in [0, 0.05) is 15.3 Å². The van der Waals surface area contributed by atoms with Gasteiger partial charge in [-0.2, -0.15) is 0 Å². The van der Waals surface area contributed by atoms with Gasteiger partial charge >= 0.3 is 0 Å². The van der Waals surface area contributed by atoms with Gasteiger partial charge in [0.15, 0.2) is 0 Å². The Balaban J connectivity index is 2.45. The van der Waals surface area contributed by atoms with Crippen LogP contribution in [0.2, 0.25) is 0 Å². The lowest BCUT2D eigenvalue weighted by molar-refractivity contribution is 0.529. The highest BCUT2D eigenvalue weighted by molar-refractivity contribution is 7.12. The fourth-order valence-corrected chi connectivity index (χ4v) is 3.51. The number of hydrogen-bond acceptors (Lipinski definition) is 1. The average molecular weight is 226 g/mol. The van der Waals surface area contributed by atoms with Gasteiger partial charge in [-0.3, -0.25) is 0 Å². The minimum atomic E-state index is -0.0407. The van der Waals surface area contributed by atoms with Gasteiger partial charge in [0.2, 0.25) is 0 Å². The van der Waals surface area contributed by atoms with Crippen LogP contribution in [0.1, 0.15) is 55.4 Å². The Bertz CT molecular complexity index is 357. The van der Waals surface area contributed by atoms with E-state index in [1.165, 1.54) is 17.7 Å². The van der Waals surface area contributed by atoms with E-state index in [4.69, 9.17) is 0 Å². The third-order valence-corrected chi connectivity index (χ3v) is 4.73. The molecule has 0 saturated heterocycles. The third kappa shape index (κ3) is 2.10. The van der Waals surface area contributed by atoms with Crippen molar-refractivity contribution in [2.75, 3.05) is 0 Å².